The lowest BCUT2D eigenvalue weighted by molar-refractivity contribution is -0.135. The van der Waals surface area contributed by atoms with Gasteiger partial charge in [-0.05, 0) is 49.1 Å². The van der Waals surface area contributed by atoms with Crippen LogP contribution in [0.2, 0.25) is 0 Å². The number of anilines is 1. The van der Waals surface area contributed by atoms with Gasteiger partial charge in [0.2, 0.25) is 11.8 Å². The van der Waals surface area contributed by atoms with Crippen LogP contribution in [-0.4, -0.2) is 60.4 Å². The van der Waals surface area contributed by atoms with Gasteiger partial charge in [-0.1, -0.05) is 30.3 Å². The Balaban J connectivity index is 1.24. The molecule has 2 aromatic carbocycles. The highest BCUT2D eigenvalue weighted by Crippen LogP contribution is 2.24. The second kappa shape index (κ2) is 9.77. The molecule has 2 aliphatic rings. The molecule has 2 saturated heterocycles. The van der Waals surface area contributed by atoms with E-state index < -0.39 is 0 Å². The molecule has 8 heteroatoms. The van der Waals surface area contributed by atoms with E-state index in [2.05, 4.69) is 21.1 Å². The van der Waals surface area contributed by atoms with E-state index in [4.69, 9.17) is 0 Å². The maximum Gasteiger partial charge on any atom is 0.241 e. The number of hydrogen-bond acceptors (Lipinski definition) is 5. The Bertz CT molecular complexity index is 953. The Morgan fingerprint density at radius 2 is 1.66 bits per heavy atom. The molecule has 4 rings (SSSR count). The van der Waals surface area contributed by atoms with Crippen LogP contribution >= 0.6 is 0 Å². The summed E-state index contributed by atoms with van der Waals surface area (Å²) < 4.78 is 13.2. The van der Waals surface area contributed by atoms with Crippen molar-refractivity contribution in [2.24, 2.45) is 0 Å². The summed E-state index contributed by atoms with van der Waals surface area (Å²) >= 11 is 0. The van der Waals surface area contributed by atoms with Crippen LogP contribution in [0.5, 0.6) is 0 Å². The molecule has 0 saturated carbocycles. The number of carbonyl (C=O) groups is 2. The normalized spacial score (nSPS) is 21.5. The quantitative estimate of drug-likeness (QED) is 0.666. The predicted octanol–water partition coefficient (Wildman–Crippen LogP) is 2.13. The lowest BCUT2D eigenvalue weighted by Crippen LogP contribution is -2.54. The van der Waals surface area contributed by atoms with Crippen molar-refractivity contribution in [3.63, 3.8) is 0 Å². The molecule has 0 aliphatic carbocycles. The summed E-state index contributed by atoms with van der Waals surface area (Å²) in [5.41, 5.74) is 10.2. The minimum atomic E-state index is -0.316. The van der Waals surface area contributed by atoms with E-state index in [0.717, 1.165) is 22.4 Å². The molecule has 2 amide bonds. The molecule has 3 N–H and O–H groups in total. The Morgan fingerprint density at radius 3 is 2.31 bits per heavy atom. The number of benzene rings is 2. The van der Waals surface area contributed by atoms with Gasteiger partial charge in [0, 0.05) is 37.9 Å². The zero-order chi connectivity index (χ0) is 22.7. The van der Waals surface area contributed by atoms with Crippen molar-refractivity contribution in [1.29, 1.82) is 0 Å². The zero-order valence-corrected chi connectivity index (χ0v) is 18.5. The molecule has 0 spiro atoms. The van der Waals surface area contributed by atoms with Gasteiger partial charge in [-0.2, -0.15) is 0 Å². The topological polar surface area (TPSA) is 76.7 Å². The Morgan fingerprint density at radius 1 is 1.00 bits per heavy atom. The Labute approximate surface area is 187 Å². The van der Waals surface area contributed by atoms with Gasteiger partial charge in [0.1, 0.15) is 11.9 Å². The van der Waals surface area contributed by atoms with Crippen LogP contribution in [0.4, 0.5) is 10.1 Å². The number of aryl methyl sites for hydroxylation is 2. The summed E-state index contributed by atoms with van der Waals surface area (Å²) in [5.74, 6) is -0.249. The van der Waals surface area contributed by atoms with Crippen molar-refractivity contribution in [2.75, 3.05) is 38.0 Å². The number of piperazine rings is 1. The maximum atomic E-state index is 13.2. The average Bonchev–Trinajstić information content (AvgIpc) is 3.27. The highest BCUT2D eigenvalue weighted by atomic mass is 19.1. The second-order valence-electron chi connectivity index (χ2n) is 8.60. The van der Waals surface area contributed by atoms with E-state index in [9.17, 15) is 14.0 Å². The average molecular weight is 440 g/mol. The number of rotatable bonds is 5. The van der Waals surface area contributed by atoms with Crippen LogP contribution in [0.25, 0.3) is 0 Å². The molecule has 2 fully saturated rings. The fraction of sp³-hybridized carbons (Fsp3) is 0.417. The first-order valence-electron chi connectivity index (χ1n) is 11.0. The number of para-hydroxylation sites is 1. The van der Waals surface area contributed by atoms with Gasteiger partial charge in [-0.15, -0.1) is 0 Å². The first kappa shape index (κ1) is 22.4. The molecule has 2 aliphatic heterocycles. The smallest absolute Gasteiger partial charge is 0.241 e. The van der Waals surface area contributed by atoms with Crippen molar-refractivity contribution >= 4 is 17.5 Å². The Kier molecular flexibility index (Phi) is 6.83. The van der Waals surface area contributed by atoms with Gasteiger partial charge < -0.3 is 10.2 Å². The van der Waals surface area contributed by atoms with Crippen LogP contribution in [0.3, 0.4) is 0 Å². The van der Waals surface area contributed by atoms with Crippen LogP contribution in [0, 0.1) is 19.7 Å². The minimum Gasteiger partial charge on any atom is -0.339 e. The van der Waals surface area contributed by atoms with Gasteiger partial charge in [-0.25, -0.2) is 15.2 Å². The summed E-state index contributed by atoms with van der Waals surface area (Å²) in [5, 5.41) is 3.03. The van der Waals surface area contributed by atoms with E-state index >= 15 is 0 Å². The number of amides is 2. The highest BCUT2D eigenvalue weighted by Gasteiger charge is 2.34. The SMILES string of the molecule is Cc1cccc(C)c1NC(=O)CN1CCN(C(=O)C2CC(c3ccc(F)cc3)NN2)CC1. The molecule has 170 valence electrons. The fourth-order valence-electron chi connectivity index (χ4n) is 4.37. The van der Waals surface area contributed by atoms with E-state index in [1.54, 1.807) is 12.1 Å². The summed E-state index contributed by atoms with van der Waals surface area (Å²) in [4.78, 5) is 29.4. The summed E-state index contributed by atoms with van der Waals surface area (Å²) in [7, 11) is 0. The third-order valence-electron chi connectivity index (χ3n) is 6.27. The lowest BCUT2D eigenvalue weighted by Gasteiger charge is -2.35. The van der Waals surface area contributed by atoms with Crippen LogP contribution in [0.15, 0.2) is 42.5 Å². The number of hydrazine groups is 1. The molecule has 2 heterocycles. The highest BCUT2D eigenvalue weighted by molar-refractivity contribution is 5.93. The van der Waals surface area contributed by atoms with Gasteiger partial charge in [0.15, 0.2) is 0 Å². The third kappa shape index (κ3) is 5.15. The van der Waals surface area contributed by atoms with Crippen LogP contribution < -0.4 is 16.2 Å². The van der Waals surface area contributed by atoms with Gasteiger partial charge >= 0.3 is 0 Å². The van der Waals surface area contributed by atoms with Crippen LogP contribution in [-0.2, 0) is 9.59 Å². The van der Waals surface area contributed by atoms with Gasteiger partial charge in [-0.3, -0.25) is 14.5 Å². The third-order valence-corrected chi connectivity index (χ3v) is 6.27. The first-order valence-corrected chi connectivity index (χ1v) is 11.0. The Hall–Kier alpha value is -2.81. The monoisotopic (exact) mass is 439 g/mol. The molecule has 32 heavy (non-hydrogen) atoms. The number of hydrogen-bond donors (Lipinski definition) is 3. The maximum absolute atomic E-state index is 13.2. The van der Waals surface area contributed by atoms with Crippen molar-refractivity contribution in [1.82, 2.24) is 20.7 Å². The van der Waals surface area contributed by atoms with Crippen molar-refractivity contribution in [3.8, 4) is 0 Å². The van der Waals surface area contributed by atoms with Gasteiger partial charge in [0.05, 0.1) is 6.54 Å². The molecule has 2 aromatic rings. The van der Waals surface area contributed by atoms with Gasteiger partial charge in [0.25, 0.3) is 0 Å². The molecular weight excluding hydrogens is 409 g/mol. The molecule has 0 bridgehead atoms. The standard InChI is InChI=1S/C24H30FN5O2/c1-16-4-3-5-17(2)23(16)26-22(31)15-29-10-12-30(13-11-29)24(32)21-14-20(27-28-21)18-6-8-19(25)9-7-18/h3-9,20-21,27-28H,10-15H2,1-2H3,(H,26,31). The van der Waals surface area contributed by atoms with E-state index in [1.165, 1.54) is 12.1 Å². The minimum absolute atomic E-state index is 0.0283. The first-order chi connectivity index (χ1) is 15.4. The molecular formula is C24H30FN5O2. The lowest BCUT2D eigenvalue weighted by atomic mass is 10.0. The molecule has 0 radical (unpaired) electrons. The molecule has 2 atom stereocenters. The molecule has 2 unspecified atom stereocenters. The summed E-state index contributed by atoms with van der Waals surface area (Å²) in [6.45, 7) is 6.79. The van der Waals surface area contributed by atoms with E-state index in [1.807, 2.05) is 36.9 Å². The van der Waals surface area contributed by atoms with E-state index in [-0.39, 0.29) is 29.7 Å². The second-order valence-corrected chi connectivity index (χ2v) is 8.60. The number of halogens is 1. The summed E-state index contributed by atoms with van der Waals surface area (Å²) in [6.07, 6.45) is 0.614. The number of nitrogens with one attached hydrogen (secondary N) is 3. The van der Waals surface area contributed by atoms with Crippen molar-refractivity contribution in [3.05, 3.63) is 65.0 Å². The molecule has 7 nitrogen and oxygen atoms in total. The van der Waals surface area contributed by atoms with Crippen molar-refractivity contribution in [2.45, 2.75) is 32.4 Å². The largest absolute Gasteiger partial charge is 0.339 e. The zero-order valence-electron chi connectivity index (χ0n) is 18.5. The molecule has 0 aromatic heterocycles. The van der Waals surface area contributed by atoms with Crippen molar-refractivity contribution < 1.29 is 14.0 Å². The van der Waals surface area contributed by atoms with E-state index in [0.29, 0.717) is 39.1 Å². The predicted molar refractivity (Wildman–Crippen MR) is 121 cm³/mol. The summed E-state index contributed by atoms with van der Waals surface area (Å²) in [6, 6.07) is 12.0. The fourth-order valence-corrected chi connectivity index (χ4v) is 4.37. The number of nitrogens with zero attached hydrogens (tertiary/aromatic N) is 2. The van der Waals surface area contributed by atoms with Crippen LogP contribution in [0.1, 0.15) is 29.2 Å². The number of carbonyl (C=O) groups excluding carboxylic acids is 2.